The summed E-state index contributed by atoms with van der Waals surface area (Å²) in [5, 5.41) is 10.3. The molecule has 0 bridgehead atoms. The number of carbonyl (C=O) groups excluding carboxylic acids is 1. The first kappa shape index (κ1) is 25.2. The van der Waals surface area contributed by atoms with Crippen molar-refractivity contribution < 1.29 is 14.3 Å². The topological polar surface area (TPSA) is 40.5 Å². The molecule has 4 saturated carbocycles. The summed E-state index contributed by atoms with van der Waals surface area (Å²) >= 11 is 0. The molecule has 3 nitrogen and oxygen atoms in total. The molecule has 0 radical (unpaired) electrons. The van der Waals surface area contributed by atoms with Gasteiger partial charge in [0.15, 0.2) is 0 Å². The second-order valence-electron chi connectivity index (χ2n) is 13.3. The minimum absolute atomic E-state index is 0.0708. The van der Waals surface area contributed by atoms with Crippen molar-refractivity contribution in [2.75, 3.05) is 13.6 Å². The van der Waals surface area contributed by atoms with Gasteiger partial charge < -0.3 is 10.0 Å². The van der Waals surface area contributed by atoms with Gasteiger partial charge in [0.2, 0.25) is 0 Å². The van der Waals surface area contributed by atoms with Gasteiger partial charge >= 0.3 is 0 Å². The molecule has 0 saturated heterocycles. The van der Waals surface area contributed by atoms with Crippen LogP contribution in [0.15, 0.2) is 24.3 Å². The standard InChI is InChI=1S/C31H46FNO2/c1-20(15-18-33(4)29(35)24-7-5-6-8-28(24)32)25-11-12-26-23-10-9-21-19-22(34)13-16-30(21,2)27(23)14-17-31(25,26)3/h5-8,20-23,25-27,34H,9-19H2,1-4H3/t20-,21+,22+,23+,25-,26?,27+,30+,31-/m1/s1. The van der Waals surface area contributed by atoms with E-state index in [0.717, 1.165) is 42.9 Å². The summed E-state index contributed by atoms with van der Waals surface area (Å²) in [4.78, 5) is 14.5. The van der Waals surface area contributed by atoms with E-state index in [0.29, 0.717) is 29.2 Å². The third kappa shape index (κ3) is 4.26. The highest BCUT2D eigenvalue weighted by molar-refractivity contribution is 5.94. The van der Waals surface area contributed by atoms with E-state index in [1.807, 2.05) is 7.05 Å². The molecule has 1 amide bonds. The lowest BCUT2D eigenvalue weighted by atomic mass is 9.44. The summed E-state index contributed by atoms with van der Waals surface area (Å²) in [5.41, 5.74) is 1.02. The van der Waals surface area contributed by atoms with E-state index in [4.69, 9.17) is 0 Å². The molecule has 0 heterocycles. The van der Waals surface area contributed by atoms with Gasteiger partial charge in [0, 0.05) is 13.6 Å². The Morgan fingerprint density at radius 3 is 2.54 bits per heavy atom. The lowest BCUT2D eigenvalue weighted by Crippen LogP contribution is -2.54. The van der Waals surface area contributed by atoms with E-state index in [1.54, 1.807) is 23.1 Å². The maximum Gasteiger partial charge on any atom is 0.256 e. The molecule has 4 aliphatic rings. The van der Waals surface area contributed by atoms with Crippen molar-refractivity contribution in [3.63, 3.8) is 0 Å². The predicted octanol–water partition coefficient (Wildman–Crippen LogP) is 6.94. The third-order valence-corrected chi connectivity index (χ3v) is 11.8. The molecule has 4 heteroatoms. The fraction of sp³-hybridized carbons (Fsp3) is 0.774. The van der Waals surface area contributed by atoms with Crippen LogP contribution >= 0.6 is 0 Å². The van der Waals surface area contributed by atoms with E-state index in [2.05, 4.69) is 20.8 Å². The average molecular weight is 484 g/mol. The molecule has 1 N–H and O–H groups in total. The smallest absolute Gasteiger partial charge is 0.256 e. The van der Waals surface area contributed by atoms with E-state index in [1.165, 1.54) is 51.0 Å². The summed E-state index contributed by atoms with van der Waals surface area (Å²) in [6.07, 6.45) is 12.2. The van der Waals surface area contributed by atoms with Crippen molar-refractivity contribution in [2.24, 2.45) is 46.3 Å². The van der Waals surface area contributed by atoms with Gasteiger partial charge in [-0.2, -0.15) is 0 Å². The Bertz CT molecular complexity index is 934. The van der Waals surface area contributed by atoms with Crippen LogP contribution in [-0.4, -0.2) is 35.6 Å². The van der Waals surface area contributed by atoms with Gasteiger partial charge in [-0.1, -0.05) is 32.9 Å². The Balaban J connectivity index is 1.23. The molecule has 1 aromatic rings. The summed E-state index contributed by atoms with van der Waals surface area (Å²) in [6, 6.07) is 6.31. The van der Waals surface area contributed by atoms with Gasteiger partial charge in [-0.3, -0.25) is 4.79 Å². The third-order valence-electron chi connectivity index (χ3n) is 11.8. The number of amides is 1. The number of carbonyl (C=O) groups is 1. The Morgan fingerprint density at radius 2 is 1.77 bits per heavy atom. The highest BCUT2D eigenvalue weighted by Gasteiger charge is 2.60. The summed E-state index contributed by atoms with van der Waals surface area (Å²) in [6.45, 7) is 8.24. The van der Waals surface area contributed by atoms with Crippen LogP contribution in [0.4, 0.5) is 4.39 Å². The van der Waals surface area contributed by atoms with Gasteiger partial charge in [-0.25, -0.2) is 4.39 Å². The molecule has 4 fully saturated rings. The predicted molar refractivity (Wildman–Crippen MR) is 138 cm³/mol. The Hall–Kier alpha value is -1.42. The van der Waals surface area contributed by atoms with Crippen molar-refractivity contribution in [3.05, 3.63) is 35.6 Å². The summed E-state index contributed by atoms with van der Waals surface area (Å²) in [5.74, 6) is 3.87. The number of hydrogen-bond donors (Lipinski definition) is 1. The Labute approximate surface area is 211 Å². The maximum atomic E-state index is 14.1. The van der Waals surface area contributed by atoms with Crippen molar-refractivity contribution in [1.82, 2.24) is 4.90 Å². The molecule has 194 valence electrons. The van der Waals surface area contributed by atoms with E-state index in [9.17, 15) is 14.3 Å². The van der Waals surface area contributed by atoms with E-state index >= 15 is 0 Å². The number of fused-ring (bicyclic) bond motifs is 5. The number of nitrogens with zero attached hydrogens (tertiary/aromatic N) is 1. The number of halogens is 1. The fourth-order valence-corrected chi connectivity index (χ4v) is 9.75. The van der Waals surface area contributed by atoms with Crippen LogP contribution in [0.3, 0.4) is 0 Å². The lowest BCUT2D eigenvalue weighted by molar-refractivity contribution is -0.129. The molecule has 1 aromatic carbocycles. The minimum Gasteiger partial charge on any atom is -0.393 e. The highest BCUT2D eigenvalue weighted by Crippen LogP contribution is 2.68. The van der Waals surface area contributed by atoms with Crippen LogP contribution < -0.4 is 0 Å². The van der Waals surface area contributed by atoms with Crippen molar-refractivity contribution >= 4 is 5.91 Å². The number of rotatable bonds is 5. The van der Waals surface area contributed by atoms with Crippen LogP contribution in [0.1, 0.15) is 95.3 Å². The SMILES string of the molecule is C[C@H](CCN(C)C(=O)c1ccccc1F)[C@H]1CCC2[C@@H]3CC[C@H]4C[C@@H](O)CC[C@]4(C)[C@H]3CC[C@@]21C. The van der Waals surface area contributed by atoms with E-state index < -0.39 is 5.82 Å². The maximum absolute atomic E-state index is 14.1. The lowest BCUT2D eigenvalue weighted by Gasteiger charge is -2.61. The van der Waals surface area contributed by atoms with Gasteiger partial charge in [0.05, 0.1) is 11.7 Å². The normalized spacial score (nSPS) is 41.4. The molecular weight excluding hydrogens is 437 g/mol. The molecule has 5 rings (SSSR count). The first-order valence-electron chi connectivity index (χ1n) is 14.3. The molecule has 9 atom stereocenters. The van der Waals surface area contributed by atoms with Crippen molar-refractivity contribution in [1.29, 1.82) is 0 Å². The Morgan fingerprint density at radius 1 is 1.06 bits per heavy atom. The van der Waals surface area contributed by atoms with Crippen LogP contribution in [0, 0.1) is 52.2 Å². The van der Waals surface area contributed by atoms with Gasteiger partial charge in [-0.15, -0.1) is 0 Å². The zero-order valence-electron chi connectivity index (χ0n) is 22.3. The second kappa shape index (κ2) is 9.47. The van der Waals surface area contributed by atoms with Crippen molar-refractivity contribution in [3.8, 4) is 0 Å². The quantitative estimate of drug-likeness (QED) is 0.493. The first-order valence-corrected chi connectivity index (χ1v) is 14.3. The largest absolute Gasteiger partial charge is 0.393 e. The summed E-state index contributed by atoms with van der Waals surface area (Å²) < 4.78 is 14.1. The molecule has 35 heavy (non-hydrogen) atoms. The zero-order valence-corrected chi connectivity index (χ0v) is 22.3. The molecule has 0 spiro atoms. The van der Waals surface area contributed by atoms with E-state index in [-0.39, 0.29) is 17.6 Å². The average Bonchev–Trinajstić information content (AvgIpc) is 3.20. The van der Waals surface area contributed by atoms with Crippen LogP contribution in [0.25, 0.3) is 0 Å². The molecular formula is C31H46FNO2. The number of aliphatic hydroxyl groups is 1. The van der Waals surface area contributed by atoms with Gasteiger partial charge in [0.1, 0.15) is 5.82 Å². The van der Waals surface area contributed by atoms with Crippen molar-refractivity contribution in [2.45, 2.75) is 91.1 Å². The first-order chi connectivity index (χ1) is 16.6. The number of benzene rings is 1. The number of hydrogen-bond acceptors (Lipinski definition) is 2. The fourth-order valence-electron chi connectivity index (χ4n) is 9.75. The summed E-state index contributed by atoms with van der Waals surface area (Å²) in [7, 11) is 1.81. The zero-order chi connectivity index (χ0) is 25.0. The minimum atomic E-state index is -0.434. The monoisotopic (exact) mass is 483 g/mol. The van der Waals surface area contributed by atoms with Crippen LogP contribution in [-0.2, 0) is 0 Å². The molecule has 1 unspecified atom stereocenters. The molecule has 0 aliphatic heterocycles. The Kier molecular flexibility index (Phi) is 6.83. The molecule has 4 aliphatic carbocycles. The van der Waals surface area contributed by atoms with Gasteiger partial charge in [0.25, 0.3) is 5.91 Å². The number of aliphatic hydroxyl groups excluding tert-OH is 1. The molecule has 0 aromatic heterocycles. The van der Waals surface area contributed by atoms with Crippen LogP contribution in [0.5, 0.6) is 0 Å². The second-order valence-corrected chi connectivity index (χ2v) is 13.3. The van der Waals surface area contributed by atoms with Gasteiger partial charge in [-0.05, 0) is 123 Å². The van der Waals surface area contributed by atoms with Crippen LogP contribution in [0.2, 0.25) is 0 Å². The highest BCUT2D eigenvalue weighted by atomic mass is 19.1.